The fraction of sp³-hybridized carbons (Fsp3) is 0.233. The molecule has 184 valence electrons. The van der Waals surface area contributed by atoms with E-state index in [1.807, 2.05) is 99.6 Å². The molecule has 0 aliphatic rings. The normalized spacial score (nSPS) is 12.1. The second kappa shape index (κ2) is 11.5. The minimum atomic E-state index is -0.396. The van der Waals surface area contributed by atoms with Gasteiger partial charge in [0, 0.05) is 12.6 Å². The van der Waals surface area contributed by atoms with E-state index in [-0.39, 0.29) is 11.5 Å². The lowest BCUT2D eigenvalue weighted by molar-refractivity contribution is -0.128. The maximum atomic E-state index is 13.7. The fourth-order valence-electron chi connectivity index (χ4n) is 4.38. The van der Waals surface area contributed by atoms with Crippen LogP contribution < -0.4 is 10.3 Å². The number of hydrogen-bond acceptors (Lipinski definition) is 4. The first-order valence-electron chi connectivity index (χ1n) is 12.4. The first-order chi connectivity index (χ1) is 17.6. The molecular formula is C30H31N3O3. The Morgan fingerprint density at radius 3 is 2.33 bits per heavy atom. The van der Waals surface area contributed by atoms with Gasteiger partial charge in [0.1, 0.15) is 11.6 Å². The van der Waals surface area contributed by atoms with Crippen LogP contribution in [0.5, 0.6) is 5.75 Å². The van der Waals surface area contributed by atoms with Gasteiger partial charge in [0.2, 0.25) is 5.91 Å². The lowest BCUT2D eigenvalue weighted by atomic mass is 10.1. The van der Waals surface area contributed by atoms with Crippen molar-refractivity contribution in [1.29, 1.82) is 0 Å². The van der Waals surface area contributed by atoms with E-state index in [4.69, 9.17) is 9.72 Å². The first-order valence-corrected chi connectivity index (χ1v) is 12.4. The molecule has 1 aromatic heterocycles. The number of para-hydroxylation sites is 1. The van der Waals surface area contributed by atoms with Crippen molar-refractivity contribution in [3.8, 4) is 11.4 Å². The molecule has 0 spiro atoms. The molecule has 0 saturated carbocycles. The van der Waals surface area contributed by atoms with Crippen LogP contribution in [0.15, 0.2) is 89.7 Å². The van der Waals surface area contributed by atoms with Gasteiger partial charge in [-0.05, 0) is 68.3 Å². The summed E-state index contributed by atoms with van der Waals surface area (Å²) in [5, 5.41) is 0.531. The van der Waals surface area contributed by atoms with Gasteiger partial charge in [-0.25, -0.2) is 4.98 Å². The van der Waals surface area contributed by atoms with E-state index in [1.165, 1.54) is 0 Å². The van der Waals surface area contributed by atoms with Crippen molar-refractivity contribution in [2.45, 2.75) is 33.2 Å². The number of benzene rings is 3. The van der Waals surface area contributed by atoms with E-state index in [9.17, 15) is 9.59 Å². The highest BCUT2D eigenvalue weighted by atomic mass is 16.5. The molecule has 4 aromatic rings. The zero-order chi connectivity index (χ0) is 25.5. The van der Waals surface area contributed by atoms with Crippen LogP contribution in [0.2, 0.25) is 0 Å². The molecule has 6 heteroatoms. The van der Waals surface area contributed by atoms with Gasteiger partial charge < -0.3 is 9.64 Å². The molecule has 4 rings (SSSR count). The standard InChI is InChI=1S/C30H31N3O3/c1-4-27(32(5-2)28(34)21-16-22-12-8-7-9-13-22)29-31-26-15-11-10-14-25(26)30(35)33(29)23-17-19-24(20-18-23)36-6-3/h7-21,27H,4-6H2,1-3H3/b21-16+. The van der Waals surface area contributed by atoms with Crippen LogP contribution in [0.4, 0.5) is 0 Å². The lowest BCUT2D eigenvalue weighted by Gasteiger charge is -2.30. The van der Waals surface area contributed by atoms with Crippen LogP contribution in [-0.2, 0) is 4.79 Å². The van der Waals surface area contributed by atoms with Gasteiger partial charge in [0.25, 0.3) is 5.56 Å². The first kappa shape index (κ1) is 24.9. The van der Waals surface area contributed by atoms with E-state index in [2.05, 4.69) is 0 Å². The van der Waals surface area contributed by atoms with Gasteiger partial charge in [0.05, 0.1) is 29.2 Å². The van der Waals surface area contributed by atoms with Gasteiger partial charge in [-0.1, -0.05) is 49.4 Å². The molecule has 3 aromatic carbocycles. The Morgan fingerprint density at radius 1 is 0.972 bits per heavy atom. The molecule has 0 radical (unpaired) electrons. The summed E-state index contributed by atoms with van der Waals surface area (Å²) in [5.74, 6) is 1.13. The third-order valence-electron chi connectivity index (χ3n) is 6.11. The topological polar surface area (TPSA) is 64.4 Å². The maximum absolute atomic E-state index is 13.7. The molecule has 1 unspecified atom stereocenters. The van der Waals surface area contributed by atoms with Crippen LogP contribution in [0, 0.1) is 0 Å². The molecule has 1 atom stereocenters. The predicted molar refractivity (Wildman–Crippen MR) is 144 cm³/mol. The fourth-order valence-corrected chi connectivity index (χ4v) is 4.38. The van der Waals surface area contributed by atoms with Crippen molar-refractivity contribution in [2.24, 2.45) is 0 Å². The number of aromatic nitrogens is 2. The van der Waals surface area contributed by atoms with Gasteiger partial charge in [-0.15, -0.1) is 0 Å². The van der Waals surface area contributed by atoms with E-state index >= 15 is 0 Å². The summed E-state index contributed by atoms with van der Waals surface area (Å²) in [6.45, 7) is 6.91. The molecule has 36 heavy (non-hydrogen) atoms. The molecule has 0 aliphatic carbocycles. The molecule has 6 nitrogen and oxygen atoms in total. The van der Waals surface area contributed by atoms with Crippen LogP contribution in [0.3, 0.4) is 0 Å². The van der Waals surface area contributed by atoms with E-state index < -0.39 is 6.04 Å². The summed E-state index contributed by atoms with van der Waals surface area (Å²) in [6.07, 6.45) is 3.99. The SMILES string of the molecule is CCOc1ccc(-n2c(C(CC)N(CC)C(=O)/C=C/c3ccccc3)nc3ccccc3c2=O)cc1. The van der Waals surface area contributed by atoms with E-state index in [1.54, 1.807) is 21.6 Å². The quantitative estimate of drug-likeness (QED) is 0.284. The van der Waals surface area contributed by atoms with Crippen molar-refractivity contribution in [1.82, 2.24) is 14.5 Å². The molecule has 0 aliphatic heterocycles. The average Bonchev–Trinajstić information content (AvgIpc) is 2.91. The highest BCUT2D eigenvalue weighted by Crippen LogP contribution is 2.27. The van der Waals surface area contributed by atoms with Crippen molar-refractivity contribution in [2.75, 3.05) is 13.2 Å². The number of carbonyl (C=O) groups excluding carboxylic acids is 1. The second-order valence-corrected chi connectivity index (χ2v) is 8.35. The van der Waals surface area contributed by atoms with Gasteiger partial charge in [0.15, 0.2) is 0 Å². The number of rotatable bonds is 9. The Hall–Kier alpha value is -4.19. The number of fused-ring (bicyclic) bond motifs is 1. The number of ether oxygens (including phenoxy) is 1. The summed E-state index contributed by atoms with van der Waals surface area (Å²) in [5.41, 5.74) is 2.08. The van der Waals surface area contributed by atoms with Crippen molar-refractivity contribution >= 4 is 22.9 Å². The Balaban J connectivity index is 1.82. The summed E-state index contributed by atoms with van der Waals surface area (Å²) < 4.78 is 7.21. The minimum absolute atomic E-state index is 0.131. The van der Waals surface area contributed by atoms with Gasteiger partial charge >= 0.3 is 0 Å². The Kier molecular flexibility index (Phi) is 7.95. The number of amides is 1. The third-order valence-corrected chi connectivity index (χ3v) is 6.11. The number of hydrogen-bond donors (Lipinski definition) is 0. The number of carbonyl (C=O) groups is 1. The summed E-state index contributed by atoms with van der Waals surface area (Å²) in [7, 11) is 0. The van der Waals surface area contributed by atoms with Crippen LogP contribution >= 0.6 is 0 Å². The summed E-state index contributed by atoms with van der Waals surface area (Å²) in [4.78, 5) is 33.8. The van der Waals surface area contributed by atoms with Crippen molar-refractivity contribution in [3.63, 3.8) is 0 Å². The zero-order valence-corrected chi connectivity index (χ0v) is 20.9. The highest BCUT2D eigenvalue weighted by molar-refractivity contribution is 5.92. The smallest absolute Gasteiger partial charge is 0.266 e. The third kappa shape index (κ3) is 5.23. The maximum Gasteiger partial charge on any atom is 0.266 e. The Bertz CT molecular complexity index is 1410. The zero-order valence-electron chi connectivity index (χ0n) is 20.9. The van der Waals surface area contributed by atoms with E-state index in [0.29, 0.717) is 42.0 Å². The molecule has 0 saturated heterocycles. The predicted octanol–water partition coefficient (Wildman–Crippen LogP) is 5.80. The molecule has 1 amide bonds. The average molecular weight is 482 g/mol. The van der Waals surface area contributed by atoms with E-state index in [0.717, 1.165) is 11.3 Å². The van der Waals surface area contributed by atoms with Crippen molar-refractivity contribution < 1.29 is 9.53 Å². The molecular weight excluding hydrogens is 450 g/mol. The lowest BCUT2D eigenvalue weighted by Crippen LogP contribution is -2.37. The Morgan fingerprint density at radius 2 is 1.67 bits per heavy atom. The van der Waals surface area contributed by atoms with Gasteiger partial charge in [-0.3, -0.25) is 14.2 Å². The van der Waals surface area contributed by atoms with Crippen molar-refractivity contribution in [3.05, 3.63) is 107 Å². The highest BCUT2D eigenvalue weighted by Gasteiger charge is 2.27. The monoisotopic (exact) mass is 481 g/mol. The summed E-state index contributed by atoms with van der Waals surface area (Å²) >= 11 is 0. The van der Waals surface area contributed by atoms with Gasteiger partial charge in [-0.2, -0.15) is 0 Å². The molecule has 0 fully saturated rings. The molecule has 1 heterocycles. The molecule has 0 N–H and O–H groups in total. The van der Waals surface area contributed by atoms with Crippen LogP contribution in [0.25, 0.3) is 22.7 Å². The second-order valence-electron chi connectivity index (χ2n) is 8.35. The number of nitrogens with zero attached hydrogens (tertiary/aromatic N) is 3. The Labute approximate surface area is 211 Å². The number of likely N-dealkylation sites (N-methyl/N-ethyl adjacent to an activating group) is 1. The summed E-state index contributed by atoms with van der Waals surface area (Å²) in [6, 6.07) is 24.0. The minimum Gasteiger partial charge on any atom is -0.494 e. The van der Waals surface area contributed by atoms with Crippen LogP contribution in [0.1, 0.15) is 44.6 Å². The molecule has 0 bridgehead atoms. The van der Waals surface area contributed by atoms with Crippen LogP contribution in [-0.4, -0.2) is 33.5 Å². The largest absolute Gasteiger partial charge is 0.494 e.